The van der Waals surface area contributed by atoms with Crippen LogP contribution in [0.15, 0.2) is 152 Å². The molecule has 2 N–H and O–H groups in total. The van der Waals surface area contributed by atoms with Crippen molar-refractivity contribution in [1.82, 2.24) is 0 Å². The quantitative estimate of drug-likeness (QED) is 0.535. The zero-order valence-corrected chi connectivity index (χ0v) is 20.1. The van der Waals surface area contributed by atoms with E-state index in [1.54, 1.807) is 24.3 Å². The number of phenolic OH excluding ortho intramolecular Hbond substituents is 2. The topological polar surface area (TPSA) is 89.9 Å². The number of rotatable bonds is 2. The average Bonchev–Trinajstić information content (AvgIpc) is 3.70. The predicted molar refractivity (Wildman–Crippen MR) is 153 cm³/mol. The SMILES string of the molecule is Oc1ccc(C2=C(c3ccc(O)cc3)C3=NC2=CC2=NC(=CC4=NC(=CC5=NC(=C3)C=C5)C=C4)C=C2)cc1. The van der Waals surface area contributed by atoms with E-state index < -0.39 is 0 Å². The third-order valence-electron chi connectivity index (χ3n) is 6.53. The van der Waals surface area contributed by atoms with Crippen molar-refractivity contribution in [2.24, 2.45) is 20.0 Å². The van der Waals surface area contributed by atoms with Crippen LogP contribution in [0.3, 0.4) is 0 Å². The van der Waals surface area contributed by atoms with Crippen molar-refractivity contribution >= 4 is 34.0 Å². The number of benzene rings is 2. The van der Waals surface area contributed by atoms with Crippen LogP contribution in [0.2, 0.25) is 0 Å². The number of nitrogens with zero attached hydrogens (tertiary/aromatic N) is 4. The summed E-state index contributed by atoms with van der Waals surface area (Å²) in [7, 11) is 0. The molecule has 0 aromatic heterocycles. The van der Waals surface area contributed by atoms with Gasteiger partial charge in [0.2, 0.25) is 0 Å². The first-order valence-electron chi connectivity index (χ1n) is 12.2. The Morgan fingerprint density at radius 1 is 0.421 bits per heavy atom. The molecule has 5 aliphatic rings. The van der Waals surface area contributed by atoms with E-state index in [-0.39, 0.29) is 11.5 Å². The number of hydrogen-bond donors (Lipinski definition) is 2. The second kappa shape index (κ2) is 8.64. The van der Waals surface area contributed by atoms with Crippen LogP contribution in [-0.2, 0) is 0 Å². The summed E-state index contributed by atoms with van der Waals surface area (Å²) in [6, 6.07) is 14.2. The maximum atomic E-state index is 9.96. The van der Waals surface area contributed by atoms with E-state index in [4.69, 9.17) is 15.0 Å². The number of allylic oxidation sites excluding steroid dienone is 12. The largest absolute Gasteiger partial charge is 0.508 e. The molecule has 8 bridgehead atoms. The molecule has 5 aliphatic heterocycles. The van der Waals surface area contributed by atoms with Crippen LogP contribution >= 0.6 is 0 Å². The number of aromatic hydroxyl groups is 2. The third kappa shape index (κ3) is 4.04. The highest BCUT2D eigenvalue weighted by atomic mass is 16.3. The number of aliphatic imine (C=N–C) groups is 4. The summed E-state index contributed by atoms with van der Waals surface area (Å²) in [6.07, 6.45) is 19.6. The highest BCUT2D eigenvalue weighted by Crippen LogP contribution is 2.41. The monoisotopic (exact) mass is 492 g/mol. The molecule has 5 heterocycles. The minimum Gasteiger partial charge on any atom is -0.508 e. The molecule has 0 radical (unpaired) electrons. The fraction of sp³-hybridized carbons (Fsp3) is 0. The van der Waals surface area contributed by atoms with Crippen LogP contribution in [0.25, 0.3) is 11.1 Å². The molecule has 0 fully saturated rings. The van der Waals surface area contributed by atoms with Gasteiger partial charge in [-0.1, -0.05) is 24.3 Å². The smallest absolute Gasteiger partial charge is 0.115 e. The highest BCUT2D eigenvalue weighted by molar-refractivity contribution is 6.40. The van der Waals surface area contributed by atoms with Gasteiger partial charge in [-0.25, -0.2) is 20.0 Å². The lowest BCUT2D eigenvalue weighted by Crippen LogP contribution is -1.98. The van der Waals surface area contributed by atoms with Crippen molar-refractivity contribution in [3.63, 3.8) is 0 Å². The summed E-state index contributed by atoms with van der Waals surface area (Å²) < 4.78 is 0. The van der Waals surface area contributed by atoms with Crippen LogP contribution < -0.4 is 0 Å². The van der Waals surface area contributed by atoms with Crippen molar-refractivity contribution in [3.8, 4) is 11.5 Å². The minimum atomic E-state index is 0.189. The Hall–Kier alpha value is -5.36. The van der Waals surface area contributed by atoms with Crippen molar-refractivity contribution in [2.75, 3.05) is 0 Å². The molecule has 0 amide bonds. The number of phenols is 2. The maximum absolute atomic E-state index is 9.96. The highest BCUT2D eigenvalue weighted by Gasteiger charge is 2.27. The van der Waals surface area contributed by atoms with Gasteiger partial charge in [0.1, 0.15) is 11.5 Å². The Morgan fingerprint density at radius 3 is 1.39 bits per heavy atom. The standard InChI is InChI=1S/C32H20N4O2/c37-27-11-1-19(2-12-27)31-29-17-25-9-7-23(34-25)15-21-5-6-22(33-21)16-24-8-10-26(35-24)18-30(36-29)32(31)20-3-13-28(38)14-4-20/h1-18,37-38H. The molecule has 0 saturated heterocycles. The lowest BCUT2D eigenvalue weighted by Gasteiger charge is -2.11. The summed E-state index contributed by atoms with van der Waals surface area (Å²) in [6.45, 7) is 0. The van der Waals surface area contributed by atoms with Gasteiger partial charge in [-0.05, 0) is 96.2 Å². The Labute approximate surface area is 218 Å². The molecule has 0 unspecified atom stereocenters. The van der Waals surface area contributed by atoms with Crippen LogP contribution in [0.1, 0.15) is 11.1 Å². The Balaban J connectivity index is 1.49. The summed E-state index contributed by atoms with van der Waals surface area (Å²) in [5.41, 5.74) is 9.93. The first kappa shape index (κ1) is 21.9. The van der Waals surface area contributed by atoms with Gasteiger partial charge < -0.3 is 10.2 Å². The molecule has 7 rings (SSSR count). The first-order chi connectivity index (χ1) is 18.6. The van der Waals surface area contributed by atoms with Gasteiger partial charge in [0.25, 0.3) is 0 Å². The van der Waals surface area contributed by atoms with E-state index in [9.17, 15) is 10.2 Å². The van der Waals surface area contributed by atoms with Gasteiger partial charge in [-0.3, -0.25) is 0 Å². The van der Waals surface area contributed by atoms with Gasteiger partial charge in [0, 0.05) is 11.1 Å². The molecule has 0 saturated carbocycles. The van der Waals surface area contributed by atoms with Crippen LogP contribution in [0.5, 0.6) is 11.5 Å². The van der Waals surface area contributed by atoms with Gasteiger partial charge in [-0.15, -0.1) is 0 Å². The van der Waals surface area contributed by atoms with E-state index >= 15 is 0 Å². The summed E-state index contributed by atoms with van der Waals surface area (Å²) in [5, 5.41) is 19.9. The Morgan fingerprint density at radius 2 is 0.868 bits per heavy atom. The van der Waals surface area contributed by atoms with Crippen LogP contribution in [0.4, 0.5) is 0 Å². The fourth-order valence-corrected chi connectivity index (χ4v) is 4.80. The number of fused-ring (bicyclic) bond motifs is 4. The lowest BCUT2D eigenvalue weighted by atomic mass is 9.91. The van der Waals surface area contributed by atoms with E-state index in [0.29, 0.717) is 0 Å². The molecule has 180 valence electrons. The fourth-order valence-electron chi connectivity index (χ4n) is 4.80. The predicted octanol–water partition coefficient (Wildman–Crippen LogP) is 6.04. The van der Waals surface area contributed by atoms with Gasteiger partial charge in [-0.2, -0.15) is 0 Å². The van der Waals surface area contributed by atoms with Gasteiger partial charge in [0.15, 0.2) is 0 Å². The zero-order valence-electron chi connectivity index (χ0n) is 20.1. The first-order valence-corrected chi connectivity index (χ1v) is 12.2. The molecule has 38 heavy (non-hydrogen) atoms. The molecule has 0 aliphatic carbocycles. The zero-order chi connectivity index (χ0) is 25.6. The van der Waals surface area contributed by atoms with Crippen molar-refractivity contribution in [2.45, 2.75) is 0 Å². The van der Waals surface area contributed by atoms with E-state index in [2.05, 4.69) is 4.99 Å². The molecule has 2 aromatic rings. The van der Waals surface area contributed by atoms with Crippen LogP contribution in [0, 0.1) is 0 Å². The molecule has 0 atom stereocenters. The Kier molecular flexibility index (Phi) is 4.97. The molecular formula is C32H20N4O2. The van der Waals surface area contributed by atoms with Crippen LogP contribution in [-0.4, -0.2) is 33.1 Å². The molecule has 0 spiro atoms. The van der Waals surface area contributed by atoms with E-state index in [0.717, 1.165) is 67.9 Å². The second-order valence-corrected chi connectivity index (χ2v) is 9.19. The summed E-state index contributed by atoms with van der Waals surface area (Å²) in [4.78, 5) is 19.3. The second-order valence-electron chi connectivity index (χ2n) is 9.19. The minimum absolute atomic E-state index is 0.189. The van der Waals surface area contributed by atoms with E-state index in [1.807, 2.05) is 85.0 Å². The van der Waals surface area contributed by atoms with E-state index in [1.165, 1.54) is 0 Å². The van der Waals surface area contributed by atoms with Crippen molar-refractivity contribution < 1.29 is 10.2 Å². The molecule has 6 heteroatoms. The third-order valence-corrected chi connectivity index (χ3v) is 6.53. The van der Waals surface area contributed by atoms with Gasteiger partial charge in [0.05, 0.1) is 45.6 Å². The molecule has 2 aromatic carbocycles. The average molecular weight is 493 g/mol. The summed E-state index contributed by atoms with van der Waals surface area (Å²) >= 11 is 0. The number of hydrogen-bond acceptors (Lipinski definition) is 6. The lowest BCUT2D eigenvalue weighted by molar-refractivity contribution is 0.474. The molecular weight excluding hydrogens is 472 g/mol. The van der Waals surface area contributed by atoms with Crippen molar-refractivity contribution in [1.29, 1.82) is 0 Å². The van der Waals surface area contributed by atoms with Crippen molar-refractivity contribution in [3.05, 3.63) is 143 Å². The normalized spacial score (nSPS) is 19.1. The maximum Gasteiger partial charge on any atom is 0.115 e. The summed E-state index contributed by atoms with van der Waals surface area (Å²) in [5.74, 6) is 0.378. The Bertz CT molecular complexity index is 1780. The van der Waals surface area contributed by atoms with Gasteiger partial charge >= 0.3 is 0 Å². The molecule has 6 nitrogen and oxygen atoms in total.